The fraction of sp³-hybridized carbons (Fsp3) is 0.150. The van der Waals surface area contributed by atoms with Crippen molar-refractivity contribution in [3.05, 3.63) is 71.3 Å². The van der Waals surface area contributed by atoms with Gasteiger partial charge in [0.1, 0.15) is 11.5 Å². The maximum Gasteiger partial charge on any atom is 0.127 e. The molecule has 0 aliphatic heterocycles. The Morgan fingerprint density at radius 2 is 1.57 bits per heavy atom. The molecule has 0 fully saturated rings. The van der Waals surface area contributed by atoms with E-state index in [-0.39, 0.29) is 0 Å². The van der Waals surface area contributed by atoms with Gasteiger partial charge in [0.05, 0.1) is 25.9 Å². The summed E-state index contributed by atoms with van der Waals surface area (Å²) < 4.78 is 11.0. The van der Waals surface area contributed by atoms with E-state index in [1.807, 2.05) is 48.5 Å². The van der Waals surface area contributed by atoms with Gasteiger partial charge in [0.25, 0.3) is 0 Å². The Hall–Kier alpha value is -2.99. The third-order valence-corrected chi connectivity index (χ3v) is 3.97. The molecule has 0 aromatic heterocycles. The van der Waals surface area contributed by atoms with Crippen LogP contribution in [0.1, 0.15) is 16.7 Å². The fourth-order valence-corrected chi connectivity index (χ4v) is 2.83. The van der Waals surface area contributed by atoms with Crippen molar-refractivity contribution in [3.63, 3.8) is 0 Å². The molecule has 0 bridgehead atoms. The minimum atomic E-state index is 0.672. The van der Waals surface area contributed by atoms with Crippen molar-refractivity contribution in [2.45, 2.75) is 6.42 Å². The quantitative estimate of drug-likeness (QED) is 0.721. The predicted octanol–water partition coefficient (Wildman–Crippen LogP) is 4.32. The first-order chi connectivity index (χ1) is 11.3. The van der Waals surface area contributed by atoms with Gasteiger partial charge in [-0.2, -0.15) is 5.26 Å². The number of nitriles is 1. The molecule has 3 rings (SSSR count). The monoisotopic (exact) mass is 303 g/mol. The molecule has 3 aromatic rings. The molecule has 0 aliphatic rings. The third kappa shape index (κ3) is 2.84. The SMILES string of the molecule is COc1ccc(OC)c2c(Cc3ccc(C#N)cc3)cccc12. The van der Waals surface area contributed by atoms with Crippen LogP contribution in [-0.2, 0) is 6.42 Å². The van der Waals surface area contributed by atoms with Crippen LogP contribution < -0.4 is 9.47 Å². The Labute approximate surface area is 135 Å². The number of methoxy groups -OCH3 is 2. The molecule has 0 atom stereocenters. The Morgan fingerprint density at radius 1 is 0.870 bits per heavy atom. The van der Waals surface area contributed by atoms with Gasteiger partial charge in [-0.05, 0) is 41.8 Å². The molecule has 114 valence electrons. The van der Waals surface area contributed by atoms with Crippen molar-refractivity contribution in [2.75, 3.05) is 14.2 Å². The van der Waals surface area contributed by atoms with Crippen LogP contribution in [0.2, 0.25) is 0 Å². The number of benzene rings is 3. The van der Waals surface area contributed by atoms with E-state index >= 15 is 0 Å². The maximum atomic E-state index is 8.91. The van der Waals surface area contributed by atoms with Crippen LogP contribution in [0, 0.1) is 11.3 Å². The molecule has 0 saturated carbocycles. The van der Waals surface area contributed by atoms with Gasteiger partial charge in [-0.15, -0.1) is 0 Å². The van der Waals surface area contributed by atoms with Gasteiger partial charge in [0, 0.05) is 10.8 Å². The van der Waals surface area contributed by atoms with Crippen molar-refractivity contribution in [2.24, 2.45) is 0 Å². The second kappa shape index (κ2) is 6.41. The molecule has 0 radical (unpaired) electrons. The average Bonchev–Trinajstić information content (AvgIpc) is 2.61. The molecule has 0 heterocycles. The summed E-state index contributed by atoms with van der Waals surface area (Å²) >= 11 is 0. The lowest BCUT2D eigenvalue weighted by atomic mass is 9.97. The first kappa shape index (κ1) is 14.9. The first-order valence-electron chi connectivity index (χ1n) is 7.38. The van der Waals surface area contributed by atoms with E-state index in [0.717, 1.165) is 34.3 Å². The summed E-state index contributed by atoms with van der Waals surface area (Å²) in [4.78, 5) is 0. The van der Waals surface area contributed by atoms with E-state index in [9.17, 15) is 0 Å². The third-order valence-electron chi connectivity index (χ3n) is 3.97. The number of rotatable bonds is 4. The highest BCUT2D eigenvalue weighted by molar-refractivity contribution is 5.96. The zero-order chi connectivity index (χ0) is 16.2. The summed E-state index contributed by atoms with van der Waals surface area (Å²) in [5.41, 5.74) is 3.00. The number of ether oxygens (including phenoxy) is 2. The molecule has 3 heteroatoms. The molecule has 0 N–H and O–H groups in total. The smallest absolute Gasteiger partial charge is 0.127 e. The fourth-order valence-electron chi connectivity index (χ4n) is 2.83. The van der Waals surface area contributed by atoms with Crippen LogP contribution in [0.4, 0.5) is 0 Å². The van der Waals surface area contributed by atoms with Gasteiger partial charge in [-0.1, -0.05) is 30.3 Å². The first-order valence-corrected chi connectivity index (χ1v) is 7.38. The highest BCUT2D eigenvalue weighted by Gasteiger charge is 2.11. The summed E-state index contributed by atoms with van der Waals surface area (Å²) in [7, 11) is 3.36. The Balaban J connectivity index is 2.11. The molecule has 0 aliphatic carbocycles. The molecular formula is C20H17NO2. The van der Waals surface area contributed by atoms with Gasteiger partial charge >= 0.3 is 0 Å². The standard InChI is InChI=1S/C20H17NO2/c1-22-18-10-11-19(23-2)20-16(4-3-5-17(18)20)12-14-6-8-15(13-21)9-7-14/h3-11H,12H2,1-2H3. The Morgan fingerprint density at radius 3 is 2.22 bits per heavy atom. The van der Waals surface area contributed by atoms with E-state index in [1.165, 1.54) is 5.56 Å². The van der Waals surface area contributed by atoms with Gasteiger partial charge in [0.2, 0.25) is 0 Å². The van der Waals surface area contributed by atoms with Crippen LogP contribution in [-0.4, -0.2) is 14.2 Å². The van der Waals surface area contributed by atoms with Crippen LogP contribution in [0.15, 0.2) is 54.6 Å². The molecular weight excluding hydrogens is 286 g/mol. The molecule has 0 saturated heterocycles. The lowest BCUT2D eigenvalue weighted by molar-refractivity contribution is 0.410. The van der Waals surface area contributed by atoms with Gasteiger partial charge in [-0.3, -0.25) is 0 Å². The summed E-state index contributed by atoms with van der Waals surface area (Å²) in [6.45, 7) is 0. The lowest BCUT2D eigenvalue weighted by Gasteiger charge is -2.13. The number of fused-ring (bicyclic) bond motifs is 1. The summed E-state index contributed by atoms with van der Waals surface area (Å²) in [6, 6.07) is 19.8. The van der Waals surface area contributed by atoms with E-state index in [2.05, 4.69) is 12.1 Å². The largest absolute Gasteiger partial charge is 0.496 e. The molecule has 3 aromatic carbocycles. The van der Waals surface area contributed by atoms with Gasteiger partial charge in [-0.25, -0.2) is 0 Å². The lowest BCUT2D eigenvalue weighted by Crippen LogP contribution is -1.95. The molecule has 3 nitrogen and oxygen atoms in total. The van der Waals surface area contributed by atoms with Gasteiger partial charge in [0.15, 0.2) is 0 Å². The summed E-state index contributed by atoms with van der Waals surface area (Å²) in [6.07, 6.45) is 0.770. The molecule has 0 spiro atoms. The topological polar surface area (TPSA) is 42.2 Å². The maximum absolute atomic E-state index is 8.91. The van der Waals surface area contributed by atoms with Crippen molar-refractivity contribution in [1.29, 1.82) is 5.26 Å². The summed E-state index contributed by atoms with van der Waals surface area (Å²) in [5, 5.41) is 11.0. The van der Waals surface area contributed by atoms with E-state index in [0.29, 0.717) is 5.56 Å². The van der Waals surface area contributed by atoms with Crippen LogP contribution in [0.5, 0.6) is 11.5 Å². The predicted molar refractivity (Wildman–Crippen MR) is 91.0 cm³/mol. The van der Waals surface area contributed by atoms with Crippen molar-refractivity contribution in [1.82, 2.24) is 0 Å². The van der Waals surface area contributed by atoms with Crippen LogP contribution in [0.3, 0.4) is 0 Å². The zero-order valence-corrected chi connectivity index (χ0v) is 13.2. The normalized spacial score (nSPS) is 10.3. The highest BCUT2D eigenvalue weighted by atomic mass is 16.5. The number of hydrogen-bond acceptors (Lipinski definition) is 3. The molecule has 0 unspecified atom stereocenters. The number of nitrogens with zero attached hydrogens (tertiary/aromatic N) is 1. The van der Waals surface area contributed by atoms with Crippen LogP contribution in [0.25, 0.3) is 10.8 Å². The van der Waals surface area contributed by atoms with Crippen molar-refractivity contribution < 1.29 is 9.47 Å². The molecule has 23 heavy (non-hydrogen) atoms. The van der Waals surface area contributed by atoms with Crippen molar-refractivity contribution in [3.8, 4) is 17.6 Å². The van der Waals surface area contributed by atoms with Crippen LogP contribution >= 0.6 is 0 Å². The summed E-state index contributed by atoms with van der Waals surface area (Å²) in [5.74, 6) is 1.67. The second-order valence-electron chi connectivity index (χ2n) is 5.30. The minimum absolute atomic E-state index is 0.672. The van der Waals surface area contributed by atoms with Gasteiger partial charge < -0.3 is 9.47 Å². The average molecular weight is 303 g/mol. The number of hydrogen-bond donors (Lipinski definition) is 0. The van der Waals surface area contributed by atoms with E-state index in [4.69, 9.17) is 14.7 Å². The Kier molecular flexibility index (Phi) is 4.16. The van der Waals surface area contributed by atoms with E-state index in [1.54, 1.807) is 14.2 Å². The minimum Gasteiger partial charge on any atom is -0.496 e. The zero-order valence-electron chi connectivity index (χ0n) is 13.2. The Bertz CT molecular complexity index is 877. The highest BCUT2D eigenvalue weighted by Crippen LogP contribution is 2.36. The van der Waals surface area contributed by atoms with Crippen molar-refractivity contribution >= 4 is 10.8 Å². The molecule has 0 amide bonds. The van der Waals surface area contributed by atoms with E-state index < -0.39 is 0 Å². The second-order valence-corrected chi connectivity index (χ2v) is 5.30.